The Bertz CT molecular complexity index is 537. The first kappa shape index (κ1) is 16.6. The molecule has 0 bridgehead atoms. The second kappa shape index (κ2) is 6.56. The summed E-state index contributed by atoms with van der Waals surface area (Å²) in [5, 5.41) is 2.18. The van der Waals surface area contributed by atoms with Crippen molar-refractivity contribution in [1.29, 1.82) is 0 Å². The van der Waals surface area contributed by atoms with Gasteiger partial charge < -0.3 is 11.1 Å². The van der Waals surface area contributed by atoms with E-state index in [4.69, 9.17) is 5.73 Å². The minimum absolute atomic E-state index is 0.0517. The van der Waals surface area contributed by atoms with Crippen LogP contribution in [0.3, 0.4) is 0 Å². The third-order valence-corrected chi connectivity index (χ3v) is 3.95. The molecule has 0 atom stereocenters. The molecule has 1 saturated heterocycles. The number of primary amides is 1. The Morgan fingerprint density at radius 2 is 2.00 bits per heavy atom. The number of urea groups is 1. The molecular formula is C15H20F3N3O. The number of rotatable bonds is 3. The van der Waals surface area contributed by atoms with Crippen LogP contribution in [0.25, 0.3) is 0 Å². The van der Waals surface area contributed by atoms with Gasteiger partial charge in [0.05, 0.1) is 5.56 Å². The maximum atomic E-state index is 13.2. The molecule has 1 heterocycles. The van der Waals surface area contributed by atoms with Crippen LogP contribution in [0.15, 0.2) is 18.2 Å². The topological polar surface area (TPSA) is 58.4 Å². The Balaban J connectivity index is 2.20. The van der Waals surface area contributed by atoms with E-state index in [1.807, 2.05) is 4.90 Å². The van der Waals surface area contributed by atoms with Crippen molar-refractivity contribution in [2.75, 3.05) is 18.4 Å². The monoisotopic (exact) mass is 315 g/mol. The van der Waals surface area contributed by atoms with Gasteiger partial charge in [-0.05, 0) is 49.5 Å². The van der Waals surface area contributed by atoms with E-state index in [1.54, 1.807) is 0 Å². The highest BCUT2D eigenvalue weighted by Gasteiger charge is 2.34. The van der Waals surface area contributed by atoms with Crippen LogP contribution in [-0.4, -0.2) is 24.0 Å². The van der Waals surface area contributed by atoms with Crippen LogP contribution in [0, 0.1) is 5.92 Å². The zero-order valence-corrected chi connectivity index (χ0v) is 12.4. The van der Waals surface area contributed by atoms with E-state index in [1.165, 1.54) is 12.1 Å². The number of hydrogen-bond acceptors (Lipinski definition) is 2. The molecule has 0 radical (unpaired) electrons. The van der Waals surface area contributed by atoms with Crippen molar-refractivity contribution in [3.05, 3.63) is 29.3 Å². The summed E-state index contributed by atoms with van der Waals surface area (Å²) >= 11 is 0. The summed E-state index contributed by atoms with van der Waals surface area (Å²) in [6.07, 6.45) is -2.46. The number of nitrogens with one attached hydrogen (secondary N) is 1. The zero-order chi connectivity index (χ0) is 16.3. The van der Waals surface area contributed by atoms with Gasteiger partial charge in [0.2, 0.25) is 0 Å². The number of piperidine rings is 1. The van der Waals surface area contributed by atoms with Crippen LogP contribution in [0.1, 0.15) is 30.9 Å². The molecule has 0 aliphatic carbocycles. The summed E-state index contributed by atoms with van der Waals surface area (Å²) in [6, 6.07) is 2.91. The molecule has 4 nitrogen and oxygen atoms in total. The molecule has 0 saturated carbocycles. The van der Waals surface area contributed by atoms with E-state index < -0.39 is 17.8 Å². The standard InChI is InChI=1S/C15H20F3N3O/c1-10-4-6-21(7-5-10)9-11-2-3-12(20-14(19)22)8-13(11)15(16,17)18/h2-3,8,10H,4-7,9H2,1H3,(H3,19,20,22). The van der Waals surface area contributed by atoms with Gasteiger partial charge in [-0.3, -0.25) is 4.90 Å². The number of nitrogens with zero attached hydrogens (tertiary/aromatic N) is 1. The van der Waals surface area contributed by atoms with Crippen molar-refractivity contribution in [2.45, 2.75) is 32.5 Å². The van der Waals surface area contributed by atoms with Crippen LogP contribution in [0.5, 0.6) is 0 Å². The number of likely N-dealkylation sites (tertiary alicyclic amines) is 1. The van der Waals surface area contributed by atoms with Gasteiger partial charge in [-0.2, -0.15) is 13.2 Å². The zero-order valence-electron chi connectivity index (χ0n) is 12.4. The Morgan fingerprint density at radius 3 is 2.55 bits per heavy atom. The van der Waals surface area contributed by atoms with E-state index >= 15 is 0 Å². The van der Waals surface area contributed by atoms with Gasteiger partial charge in [0.25, 0.3) is 0 Å². The van der Waals surface area contributed by atoms with Crippen LogP contribution >= 0.6 is 0 Å². The molecule has 1 aromatic carbocycles. The Labute approximate surface area is 127 Å². The van der Waals surface area contributed by atoms with Gasteiger partial charge in [-0.15, -0.1) is 0 Å². The maximum Gasteiger partial charge on any atom is 0.416 e. The average Bonchev–Trinajstić information content (AvgIpc) is 2.41. The SMILES string of the molecule is CC1CCN(Cc2ccc(NC(N)=O)cc2C(F)(F)F)CC1. The van der Waals surface area contributed by atoms with E-state index in [9.17, 15) is 18.0 Å². The molecule has 1 fully saturated rings. The van der Waals surface area contributed by atoms with Gasteiger partial charge in [0.1, 0.15) is 0 Å². The molecule has 122 valence electrons. The molecule has 3 N–H and O–H groups in total. The van der Waals surface area contributed by atoms with Gasteiger partial charge in [-0.1, -0.05) is 13.0 Å². The minimum atomic E-state index is -4.46. The van der Waals surface area contributed by atoms with Crippen molar-refractivity contribution in [3.8, 4) is 0 Å². The summed E-state index contributed by atoms with van der Waals surface area (Å²) in [5.74, 6) is 0.625. The lowest BCUT2D eigenvalue weighted by Crippen LogP contribution is -2.33. The smallest absolute Gasteiger partial charge is 0.351 e. The Hall–Kier alpha value is -1.76. The molecule has 0 aromatic heterocycles. The largest absolute Gasteiger partial charge is 0.416 e. The molecule has 1 aromatic rings. The lowest BCUT2D eigenvalue weighted by Gasteiger charge is -2.31. The van der Waals surface area contributed by atoms with E-state index in [2.05, 4.69) is 12.2 Å². The molecule has 22 heavy (non-hydrogen) atoms. The summed E-state index contributed by atoms with van der Waals surface area (Å²) in [6.45, 7) is 4.03. The third-order valence-electron chi connectivity index (χ3n) is 3.95. The third kappa shape index (κ3) is 4.37. The van der Waals surface area contributed by atoms with Crippen LogP contribution in [0.4, 0.5) is 23.7 Å². The van der Waals surface area contributed by atoms with Crippen molar-refractivity contribution in [3.63, 3.8) is 0 Å². The van der Waals surface area contributed by atoms with Gasteiger partial charge in [-0.25, -0.2) is 4.79 Å². The lowest BCUT2D eigenvalue weighted by molar-refractivity contribution is -0.138. The van der Waals surface area contributed by atoms with Crippen molar-refractivity contribution in [2.24, 2.45) is 11.7 Å². The highest BCUT2D eigenvalue weighted by molar-refractivity contribution is 5.87. The number of benzene rings is 1. The number of amides is 2. The minimum Gasteiger partial charge on any atom is -0.351 e. The lowest BCUT2D eigenvalue weighted by atomic mass is 9.98. The number of carbonyl (C=O) groups is 1. The fourth-order valence-electron chi connectivity index (χ4n) is 2.66. The number of hydrogen-bond donors (Lipinski definition) is 2. The average molecular weight is 315 g/mol. The first-order valence-electron chi connectivity index (χ1n) is 7.24. The number of halogens is 3. The molecular weight excluding hydrogens is 295 g/mol. The van der Waals surface area contributed by atoms with Crippen LogP contribution < -0.4 is 11.1 Å². The normalized spacial score (nSPS) is 17.5. The highest BCUT2D eigenvalue weighted by Crippen LogP contribution is 2.34. The van der Waals surface area contributed by atoms with Gasteiger partial charge in [0, 0.05) is 12.2 Å². The highest BCUT2D eigenvalue weighted by atomic mass is 19.4. The molecule has 1 aliphatic heterocycles. The maximum absolute atomic E-state index is 13.2. The number of alkyl halides is 3. The first-order valence-corrected chi connectivity index (χ1v) is 7.24. The van der Waals surface area contributed by atoms with Crippen molar-refractivity contribution >= 4 is 11.7 Å². The van der Waals surface area contributed by atoms with E-state index in [0.29, 0.717) is 5.92 Å². The first-order chi connectivity index (χ1) is 10.3. The second-order valence-corrected chi connectivity index (χ2v) is 5.82. The molecule has 2 amide bonds. The second-order valence-electron chi connectivity index (χ2n) is 5.82. The van der Waals surface area contributed by atoms with Gasteiger partial charge in [0.15, 0.2) is 0 Å². The molecule has 0 unspecified atom stereocenters. The van der Waals surface area contributed by atoms with E-state index in [-0.39, 0.29) is 17.8 Å². The molecule has 0 spiro atoms. The molecule has 1 aliphatic rings. The van der Waals surface area contributed by atoms with Gasteiger partial charge >= 0.3 is 12.2 Å². The van der Waals surface area contributed by atoms with Crippen LogP contribution in [0.2, 0.25) is 0 Å². The predicted octanol–water partition coefficient (Wildman–Crippen LogP) is 3.43. The fourth-order valence-corrected chi connectivity index (χ4v) is 2.66. The summed E-state index contributed by atoms with van der Waals surface area (Å²) < 4.78 is 39.7. The number of carbonyl (C=O) groups excluding carboxylic acids is 1. The van der Waals surface area contributed by atoms with Crippen molar-refractivity contribution in [1.82, 2.24) is 4.90 Å². The summed E-state index contributed by atoms with van der Waals surface area (Å²) in [5.41, 5.74) is 4.49. The van der Waals surface area contributed by atoms with E-state index in [0.717, 1.165) is 32.0 Å². The molecule has 7 heteroatoms. The van der Waals surface area contributed by atoms with Crippen molar-refractivity contribution < 1.29 is 18.0 Å². The summed E-state index contributed by atoms with van der Waals surface area (Å²) in [7, 11) is 0. The number of nitrogens with two attached hydrogens (primary N) is 1. The summed E-state index contributed by atoms with van der Waals surface area (Å²) in [4.78, 5) is 12.8. The Kier molecular flexibility index (Phi) is 4.95. The fraction of sp³-hybridized carbons (Fsp3) is 0.533. The quantitative estimate of drug-likeness (QED) is 0.898. The predicted molar refractivity (Wildman–Crippen MR) is 78.3 cm³/mol. The number of anilines is 1. The molecule has 2 rings (SSSR count). The Morgan fingerprint density at radius 1 is 1.36 bits per heavy atom. The van der Waals surface area contributed by atoms with Crippen LogP contribution in [-0.2, 0) is 12.7 Å².